The molecular weight excluding hydrogens is 249 g/mol. The maximum Gasteiger partial charge on any atom is 0.201 e. The van der Waals surface area contributed by atoms with Crippen molar-refractivity contribution in [1.82, 2.24) is 9.55 Å². The number of aryl methyl sites for hydroxylation is 1. The van der Waals surface area contributed by atoms with Crippen LogP contribution in [0.5, 0.6) is 0 Å². The Morgan fingerprint density at radius 1 is 1.50 bits per heavy atom. The average Bonchev–Trinajstić information content (AvgIpc) is 2.45. The average molecular weight is 258 g/mol. The van der Waals surface area contributed by atoms with Crippen molar-refractivity contribution in [2.45, 2.75) is 6.54 Å². The van der Waals surface area contributed by atoms with Gasteiger partial charge in [0.15, 0.2) is 0 Å². The van der Waals surface area contributed by atoms with Crippen LogP contribution in [0.4, 0.5) is 10.3 Å². The quantitative estimate of drug-likeness (QED) is 0.898. The summed E-state index contributed by atoms with van der Waals surface area (Å²) in [5, 5.41) is 0. The molecule has 0 bridgehead atoms. The standard InChI is InChI=1S/C9H9BrFN3/c10-6-2-1-3-7-8(6)14(5-4-11)9(12)13-7/h1-3H,4-5H2,(H2,12,13). The zero-order chi connectivity index (χ0) is 10.1. The third kappa shape index (κ3) is 1.37. The van der Waals surface area contributed by atoms with E-state index in [1.54, 1.807) is 4.57 Å². The van der Waals surface area contributed by atoms with E-state index < -0.39 is 6.67 Å². The first-order chi connectivity index (χ1) is 6.74. The second-order valence-corrected chi connectivity index (χ2v) is 3.77. The summed E-state index contributed by atoms with van der Waals surface area (Å²) in [6.45, 7) is -0.206. The van der Waals surface area contributed by atoms with Crippen LogP contribution in [0.2, 0.25) is 0 Å². The minimum atomic E-state index is -0.447. The molecule has 74 valence electrons. The second kappa shape index (κ2) is 3.57. The molecule has 0 aliphatic heterocycles. The first kappa shape index (κ1) is 9.45. The van der Waals surface area contributed by atoms with Crippen LogP contribution in [-0.2, 0) is 6.54 Å². The summed E-state index contributed by atoms with van der Waals surface area (Å²) in [5.74, 6) is 0.351. The number of alkyl halides is 1. The smallest absolute Gasteiger partial charge is 0.201 e. The van der Waals surface area contributed by atoms with Crippen LogP contribution in [-0.4, -0.2) is 16.2 Å². The van der Waals surface area contributed by atoms with Crippen LogP contribution in [0, 0.1) is 0 Å². The molecule has 2 aromatic rings. The molecule has 1 aromatic carbocycles. The molecule has 0 aliphatic rings. The van der Waals surface area contributed by atoms with Crippen molar-refractivity contribution in [1.29, 1.82) is 0 Å². The van der Waals surface area contributed by atoms with E-state index >= 15 is 0 Å². The van der Waals surface area contributed by atoms with Crippen molar-refractivity contribution in [3.8, 4) is 0 Å². The highest BCUT2D eigenvalue weighted by molar-refractivity contribution is 9.10. The number of anilines is 1. The number of rotatable bonds is 2. The fraction of sp³-hybridized carbons (Fsp3) is 0.222. The first-order valence-electron chi connectivity index (χ1n) is 4.20. The molecule has 14 heavy (non-hydrogen) atoms. The van der Waals surface area contributed by atoms with Crippen LogP contribution in [0.15, 0.2) is 22.7 Å². The molecule has 2 rings (SSSR count). The van der Waals surface area contributed by atoms with Gasteiger partial charge in [0.1, 0.15) is 6.67 Å². The van der Waals surface area contributed by atoms with E-state index in [2.05, 4.69) is 20.9 Å². The predicted octanol–water partition coefficient (Wildman–Crippen LogP) is 2.35. The van der Waals surface area contributed by atoms with Crippen molar-refractivity contribution < 1.29 is 4.39 Å². The van der Waals surface area contributed by atoms with E-state index in [-0.39, 0.29) is 6.54 Å². The number of nitrogen functional groups attached to an aromatic ring is 1. The molecule has 0 aliphatic carbocycles. The lowest BCUT2D eigenvalue weighted by molar-refractivity contribution is 0.452. The lowest BCUT2D eigenvalue weighted by Crippen LogP contribution is -2.04. The molecule has 0 radical (unpaired) electrons. The van der Waals surface area contributed by atoms with Gasteiger partial charge in [-0.15, -0.1) is 0 Å². The van der Waals surface area contributed by atoms with Crippen molar-refractivity contribution in [2.24, 2.45) is 0 Å². The normalized spacial score (nSPS) is 11.0. The molecule has 0 spiro atoms. The fourth-order valence-corrected chi connectivity index (χ4v) is 2.04. The van der Waals surface area contributed by atoms with E-state index in [9.17, 15) is 4.39 Å². The van der Waals surface area contributed by atoms with Crippen molar-refractivity contribution in [3.63, 3.8) is 0 Å². The van der Waals surface area contributed by atoms with Gasteiger partial charge in [0, 0.05) is 4.47 Å². The van der Waals surface area contributed by atoms with Gasteiger partial charge >= 0.3 is 0 Å². The molecule has 1 aromatic heterocycles. The Bertz CT molecular complexity index is 466. The van der Waals surface area contributed by atoms with Crippen LogP contribution in [0.3, 0.4) is 0 Å². The number of benzene rings is 1. The van der Waals surface area contributed by atoms with Gasteiger partial charge in [-0.1, -0.05) is 6.07 Å². The molecule has 0 atom stereocenters. The lowest BCUT2D eigenvalue weighted by atomic mass is 10.3. The Morgan fingerprint density at radius 2 is 2.29 bits per heavy atom. The number of nitrogens with zero attached hydrogens (tertiary/aromatic N) is 2. The molecule has 0 saturated carbocycles. The molecule has 0 saturated heterocycles. The van der Waals surface area contributed by atoms with E-state index in [4.69, 9.17) is 5.73 Å². The molecule has 2 N–H and O–H groups in total. The van der Waals surface area contributed by atoms with Crippen LogP contribution in [0.1, 0.15) is 0 Å². The van der Waals surface area contributed by atoms with Crippen molar-refractivity contribution >= 4 is 32.9 Å². The molecule has 0 amide bonds. The Hall–Kier alpha value is -1.10. The summed E-state index contributed by atoms with van der Waals surface area (Å²) < 4.78 is 14.8. The number of hydrogen-bond donors (Lipinski definition) is 1. The Kier molecular flexibility index (Phi) is 2.41. The van der Waals surface area contributed by atoms with Gasteiger partial charge in [0.25, 0.3) is 0 Å². The maximum atomic E-state index is 12.3. The van der Waals surface area contributed by atoms with E-state index in [0.717, 1.165) is 15.5 Å². The highest BCUT2D eigenvalue weighted by atomic mass is 79.9. The third-order valence-corrected chi connectivity index (χ3v) is 2.69. The lowest BCUT2D eigenvalue weighted by Gasteiger charge is -2.03. The van der Waals surface area contributed by atoms with Gasteiger partial charge in [-0.25, -0.2) is 9.37 Å². The van der Waals surface area contributed by atoms with E-state index in [1.165, 1.54) is 0 Å². The van der Waals surface area contributed by atoms with Gasteiger partial charge in [0.05, 0.1) is 17.6 Å². The summed E-state index contributed by atoms with van der Waals surface area (Å²) in [6, 6.07) is 5.61. The topological polar surface area (TPSA) is 43.8 Å². The molecule has 3 nitrogen and oxygen atoms in total. The van der Waals surface area contributed by atoms with Crippen molar-refractivity contribution in [2.75, 3.05) is 12.4 Å². The molecule has 1 heterocycles. The number of hydrogen-bond acceptors (Lipinski definition) is 2. The summed E-state index contributed by atoms with van der Waals surface area (Å²) in [4.78, 5) is 4.14. The summed E-state index contributed by atoms with van der Waals surface area (Å²) in [7, 11) is 0. The van der Waals surface area contributed by atoms with E-state index in [0.29, 0.717) is 5.95 Å². The highest BCUT2D eigenvalue weighted by Crippen LogP contribution is 2.25. The fourth-order valence-electron chi connectivity index (χ4n) is 1.47. The largest absolute Gasteiger partial charge is 0.369 e. The van der Waals surface area contributed by atoms with Crippen LogP contribution >= 0.6 is 15.9 Å². The SMILES string of the molecule is Nc1nc2cccc(Br)c2n1CCF. The first-order valence-corrected chi connectivity index (χ1v) is 4.99. The Labute approximate surface area is 88.9 Å². The summed E-state index contributed by atoms with van der Waals surface area (Å²) in [6.07, 6.45) is 0. The van der Waals surface area contributed by atoms with E-state index in [1.807, 2.05) is 18.2 Å². The zero-order valence-corrected chi connectivity index (χ0v) is 8.96. The monoisotopic (exact) mass is 257 g/mol. The maximum absolute atomic E-state index is 12.3. The van der Waals surface area contributed by atoms with Crippen LogP contribution < -0.4 is 5.73 Å². The second-order valence-electron chi connectivity index (χ2n) is 2.92. The summed E-state index contributed by atoms with van der Waals surface area (Å²) >= 11 is 3.39. The highest BCUT2D eigenvalue weighted by Gasteiger charge is 2.09. The minimum Gasteiger partial charge on any atom is -0.369 e. The van der Waals surface area contributed by atoms with Crippen molar-refractivity contribution in [3.05, 3.63) is 22.7 Å². The third-order valence-electron chi connectivity index (χ3n) is 2.06. The number of halogens is 2. The Morgan fingerprint density at radius 3 is 3.00 bits per heavy atom. The van der Waals surface area contributed by atoms with Gasteiger partial charge in [0.2, 0.25) is 5.95 Å². The molecular formula is C9H9BrFN3. The van der Waals surface area contributed by atoms with Gasteiger partial charge in [-0.3, -0.25) is 0 Å². The predicted molar refractivity (Wildman–Crippen MR) is 57.8 cm³/mol. The molecule has 5 heteroatoms. The number of aromatic nitrogens is 2. The summed E-state index contributed by atoms with van der Waals surface area (Å²) in [5.41, 5.74) is 7.31. The van der Waals surface area contributed by atoms with Crippen LogP contribution in [0.25, 0.3) is 11.0 Å². The zero-order valence-electron chi connectivity index (χ0n) is 7.37. The Balaban J connectivity index is 2.73. The molecule has 0 unspecified atom stereocenters. The minimum absolute atomic E-state index is 0.241. The number of nitrogens with two attached hydrogens (primary N) is 1. The molecule has 0 fully saturated rings. The van der Waals surface area contributed by atoms with Gasteiger partial charge in [-0.05, 0) is 28.1 Å². The number of imidazole rings is 1. The number of fused-ring (bicyclic) bond motifs is 1. The van der Waals surface area contributed by atoms with Gasteiger partial charge in [-0.2, -0.15) is 0 Å². The number of para-hydroxylation sites is 1. The van der Waals surface area contributed by atoms with Gasteiger partial charge < -0.3 is 10.3 Å².